The van der Waals surface area contributed by atoms with Gasteiger partial charge in [-0.3, -0.25) is 9.36 Å². The maximum absolute atomic E-state index is 10.8. The van der Waals surface area contributed by atoms with E-state index in [0.29, 0.717) is 6.04 Å². The van der Waals surface area contributed by atoms with Gasteiger partial charge in [0.15, 0.2) is 5.16 Å². The molecule has 3 rings (SSSR count). The zero-order chi connectivity index (χ0) is 14.8. The van der Waals surface area contributed by atoms with Crippen molar-refractivity contribution in [2.24, 2.45) is 0 Å². The number of carboxylic acid groups (broad SMARTS) is 1. The van der Waals surface area contributed by atoms with Crippen LogP contribution >= 0.6 is 11.8 Å². The van der Waals surface area contributed by atoms with Gasteiger partial charge in [0.25, 0.3) is 0 Å². The van der Waals surface area contributed by atoms with Gasteiger partial charge < -0.3 is 14.9 Å². The van der Waals surface area contributed by atoms with Crippen LogP contribution < -0.4 is 4.90 Å². The number of hydrogen-bond donors (Lipinski definition) is 1. The molecule has 21 heavy (non-hydrogen) atoms. The summed E-state index contributed by atoms with van der Waals surface area (Å²) in [4.78, 5) is 15.4. The summed E-state index contributed by atoms with van der Waals surface area (Å²) in [6, 6.07) is 0.451. The molecule has 0 aromatic carbocycles. The van der Waals surface area contributed by atoms with E-state index in [1.165, 1.54) is 11.8 Å². The third-order valence-corrected chi connectivity index (χ3v) is 4.81. The quantitative estimate of drug-likeness (QED) is 0.811. The van der Waals surface area contributed by atoms with Crippen LogP contribution in [0.1, 0.15) is 25.3 Å². The van der Waals surface area contributed by atoms with Crippen LogP contribution in [0.4, 0.5) is 5.95 Å². The first-order valence-corrected chi connectivity index (χ1v) is 8.36. The van der Waals surface area contributed by atoms with Crippen LogP contribution in [0.5, 0.6) is 0 Å². The Bertz CT molecular complexity index is 517. The number of carboxylic acids is 1. The summed E-state index contributed by atoms with van der Waals surface area (Å²) in [7, 11) is 2.14. The van der Waals surface area contributed by atoms with E-state index < -0.39 is 5.97 Å². The smallest absolute Gasteiger partial charge is 0.313 e. The van der Waals surface area contributed by atoms with Gasteiger partial charge >= 0.3 is 5.97 Å². The number of carbonyl (C=O) groups is 1. The minimum atomic E-state index is -0.816. The van der Waals surface area contributed by atoms with Crippen LogP contribution in [0.3, 0.4) is 0 Å². The number of thioether (sulfide) groups is 1. The first-order valence-electron chi connectivity index (χ1n) is 7.38. The molecule has 2 fully saturated rings. The Morgan fingerprint density at radius 2 is 2.10 bits per heavy atom. The second-order valence-electron chi connectivity index (χ2n) is 5.71. The number of aliphatic carboxylic acids is 1. The van der Waals surface area contributed by atoms with Crippen LogP contribution in [0, 0.1) is 0 Å². The highest BCUT2D eigenvalue weighted by molar-refractivity contribution is 7.99. The van der Waals surface area contributed by atoms with Gasteiger partial charge in [-0.05, 0) is 32.9 Å². The van der Waals surface area contributed by atoms with Crippen molar-refractivity contribution in [1.29, 1.82) is 0 Å². The average molecular weight is 311 g/mol. The Balaban J connectivity index is 1.79. The molecule has 2 heterocycles. The molecule has 1 aliphatic carbocycles. The third kappa shape index (κ3) is 3.49. The van der Waals surface area contributed by atoms with Crippen molar-refractivity contribution in [3.05, 3.63) is 0 Å². The first kappa shape index (κ1) is 14.6. The molecular weight excluding hydrogens is 290 g/mol. The van der Waals surface area contributed by atoms with Gasteiger partial charge in [-0.2, -0.15) is 0 Å². The fourth-order valence-electron chi connectivity index (χ4n) is 2.61. The topological polar surface area (TPSA) is 74.5 Å². The van der Waals surface area contributed by atoms with Crippen molar-refractivity contribution in [1.82, 2.24) is 19.7 Å². The van der Waals surface area contributed by atoms with E-state index in [1.807, 2.05) is 0 Å². The lowest BCUT2D eigenvalue weighted by Crippen LogP contribution is -2.31. The van der Waals surface area contributed by atoms with Crippen molar-refractivity contribution in [3.8, 4) is 0 Å². The van der Waals surface area contributed by atoms with E-state index in [1.54, 1.807) is 0 Å². The van der Waals surface area contributed by atoms with Gasteiger partial charge in [-0.15, -0.1) is 10.2 Å². The Morgan fingerprint density at radius 3 is 2.81 bits per heavy atom. The molecule has 1 saturated carbocycles. The summed E-state index contributed by atoms with van der Waals surface area (Å²) < 4.78 is 2.15. The van der Waals surface area contributed by atoms with E-state index in [4.69, 9.17) is 5.11 Å². The number of anilines is 1. The van der Waals surface area contributed by atoms with Gasteiger partial charge in [-0.25, -0.2) is 0 Å². The highest BCUT2D eigenvalue weighted by Crippen LogP contribution is 2.41. The molecule has 0 unspecified atom stereocenters. The maximum Gasteiger partial charge on any atom is 0.313 e. The van der Waals surface area contributed by atoms with Crippen molar-refractivity contribution >= 4 is 23.7 Å². The third-order valence-electron chi connectivity index (χ3n) is 3.89. The Hall–Kier alpha value is -1.28. The SMILES string of the molecule is CN1CCCN(c2nnc(SCC(=O)O)n2C2CC2)CC1. The second kappa shape index (κ2) is 6.23. The number of likely N-dealkylation sites (N-methyl/N-ethyl adjacent to an activating group) is 1. The second-order valence-corrected chi connectivity index (χ2v) is 6.65. The lowest BCUT2D eigenvalue weighted by Gasteiger charge is -2.22. The molecule has 7 nitrogen and oxygen atoms in total. The summed E-state index contributed by atoms with van der Waals surface area (Å²) in [6.45, 7) is 4.06. The number of hydrogen-bond acceptors (Lipinski definition) is 6. The molecule has 0 atom stereocenters. The zero-order valence-corrected chi connectivity index (χ0v) is 13.1. The van der Waals surface area contributed by atoms with Gasteiger partial charge in [0.2, 0.25) is 5.95 Å². The molecule has 1 aromatic heterocycles. The highest BCUT2D eigenvalue weighted by atomic mass is 32.2. The minimum Gasteiger partial charge on any atom is -0.481 e. The van der Waals surface area contributed by atoms with Crippen LogP contribution in [0.25, 0.3) is 0 Å². The Labute approximate surface area is 128 Å². The van der Waals surface area contributed by atoms with Gasteiger partial charge in [0.05, 0.1) is 5.75 Å². The summed E-state index contributed by atoms with van der Waals surface area (Å²) in [5.74, 6) is 0.136. The normalized spacial score (nSPS) is 20.5. The number of nitrogens with zero attached hydrogens (tertiary/aromatic N) is 5. The molecule has 1 saturated heterocycles. The standard InChI is InChI=1S/C13H21N5O2S/c1-16-5-2-6-17(8-7-16)12-14-15-13(21-9-11(19)20)18(12)10-3-4-10/h10H,2-9H2,1H3,(H,19,20). The summed E-state index contributed by atoms with van der Waals surface area (Å²) in [5.41, 5.74) is 0. The van der Waals surface area contributed by atoms with Crippen molar-refractivity contribution in [2.75, 3.05) is 43.9 Å². The molecule has 0 radical (unpaired) electrons. The molecule has 0 bridgehead atoms. The fraction of sp³-hybridized carbons (Fsp3) is 0.769. The minimum absolute atomic E-state index is 0.0353. The molecule has 0 amide bonds. The molecule has 1 aliphatic heterocycles. The van der Waals surface area contributed by atoms with Crippen molar-refractivity contribution in [2.45, 2.75) is 30.5 Å². The van der Waals surface area contributed by atoms with Crippen LogP contribution in [-0.4, -0.2) is 69.7 Å². The van der Waals surface area contributed by atoms with E-state index >= 15 is 0 Å². The monoisotopic (exact) mass is 311 g/mol. The highest BCUT2D eigenvalue weighted by Gasteiger charge is 2.32. The predicted octanol–water partition coefficient (Wildman–Crippen LogP) is 0.932. The molecule has 1 aromatic rings. The van der Waals surface area contributed by atoms with Crippen LogP contribution in [-0.2, 0) is 4.79 Å². The first-order chi connectivity index (χ1) is 10.1. The molecule has 2 aliphatic rings. The molecule has 116 valence electrons. The van der Waals surface area contributed by atoms with Crippen molar-refractivity contribution in [3.63, 3.8) is 0 Å². The van der Waals surface area contributed by atoms with E-state index in [0.717, 1.165) is 56.5 Å². The van der Waals surface area contributed by atoms with Crippen LogP contribution in [0.15, 0.2) is 5.16 Å². The lowest BCUT2D eigenvalue weighted by atomic mass is 10.4. The van der Waals surface area contributed by atoms with Gasteiger partial charge in [0.1, 0.15) is 0 Å². The largest absolute Gasteiger partial charge is 0.481 e. The lowest BCUT2D eigenvalue weighted by molar-refractivity contribution is -0.133. The van der Waals surface area contributed by atoms with Crippen LogP contribution in [0.2, 0.25) is 0 Å². The molecule has 1 N–H and O–H groups in total. The maximum atomic E-state index is 10.8. The fourth-order valence-corrected chi connectivity index (χ4v) is 3.33. The zero-order valence-electron chi connectivity index (χ0n) is 12.2. The van der Waals surface area contributed by atoms with E-state index in [2.05, 4.69) is 31.6 Å². The average Bonchev–Trinajstić information content (AvgIpc) is 3.23. The summed E-state index contributed by atoms with van der Waals surface area (Å²) in [5, 5.41) is 18.2. The number of rotatable bonds is 5. The summed E-state index contributed by atoms with van der Waals surface area (Å²) in [6.07, 6.45) is 3.39. The van der Waals surface area contributed by atoms with Crippen molar-refractivity contribution < 1.29 is 9.90 Å². The van der Waals surface area contributed by atoms with E-state index in [9.17, 15) is 4.79 Å². The number of aromatic nitrogens is 3. The molecule has 0 spiro atoms. The Kier molecular flexibility index (Phi) is 4.34. The Morgan fingerprint density at radius 1 is 1.29 bits per heavy atom. The van der Waals surface area contributed by atoms with E-state index in [-0.39, 0.29) is 5.75 Å². The predicted molar refractivity (Wildman–Crippen MR) is 81.0 cm³/mol. The molecular formula is C13H21N5O2S. The summed E-state index contributed by atoms with van der Waals surface area (Å²) >= 11 is 1.27. The van der Waals surface area contributed by atoms with Gasteiger partial charge in [-0.1, -0.05) is 11.8 Å². The molecule has 8 heteroatoms. The van der Waals surface area contributed by atoms with Gasteiger partial charge in [0, 0.05) is 25.7 Å².